The maximum Gasteiger partial charge on any atom is 0.0844 e. The van der Waals surface area contributed by atoms with E-state index in [1.807, 2.05) is 7.11 Å². The van der Waals surface area contributed by atoms with Crippen LogP contribution in [0.15, 0.2) is 0 Å². The molecule has 2 fully saturated rings. The van der Waals surface area contributed by atoms with E-state index in [0.717, 1.165) is 18.4 Å². The molecule has 0 amide bonds. The second-order valence-electron chi connectivity index (χ2n) is 4.41. The number of hydrogen-bond acceptors (Lipinski definition) is 2. The second-order valence-corrected chi connectivity index (χ2v) is 4.41. The minimum absolute atomic E-state index is 0.615. The number of epoxide rings is 1. The first-order valence-corrected chi connectivity index (χ1v) is 5.49. The van der Waals surface area contributed by atoms with Gasteiger partial charge >= 0.3 is 0 Å². The highest BCUT2D eigenvalue weighted by molar-refractivity contribution is 4.93. The van der Waals surface area contributed by atoms with E-state index in [-0.39, 0.29) is 0 Å². The molecule has 4 atom stereocenters. The van der Waals surface area contributed by atoms with Crippen molar-refractivity contribution in [1.29, 1.82) is 0 Å². The number of methoxy groups -OCH3 is 1. The maximum absolute atomic E-state index is 5.54. The zero-order valence-electron chi connectivity index (χ0n) is 8.66. The zero-order valence-corrected chi connectivity index (χ0v) is 8.66. The highest BCUT2D eigenvalue weighted by Gasteiger charge is 2.45. The Kier molecular flexibility index (Phi) is 2.89. The number of rotatable bonds is 4. The molecule has 0 radical (unpaired) electrons. The van der Waals surface area contributed by atoms with Crippen LogP contribution in [0.4, 0.5) is 0 Å². The number of hydrogen-bond donors (Lipinski definition) is 0. The molecule has 0 N–H and O–H groups in total. The third-order valence-corrected chi connectivity index (χ3v) is 3.62. The molecule has 0 spiro atoms. The van der Waals surface area contributed by atoms with Gasteiger partial charge in [-0.1, -0.05) is 13.3 Å². The maximum atomic E-state index is 5.54. The lowest BCUT2D eigenvalue weighted by Gasteiger charge is -2.27. The van der Waals surface area contributed by atoms with Crippen molar-refractivity contribution in [3.63, 3.8) is 0 Å². The van der Waals surface area contributed by atoms with Crippen LogP contribution in [0, 0.1) is 11.8 Å². The summed E-state index contributed by atoms with van der Waals surface area (Å²) in [6.45, 7) is 3.20. The van der Waals surface area contributed by atoms with Crippen molar-refractivity contribution in [3.05, 3.63) is 0 Å². The highest BCUT2D eigenvalue weighted by Crippen LogP contribution is 2.42. The van der Waals surface area contributed by atoms with E-state index in [1.54, 1.807) is 0 Å². The third kappa shape index (κ3) is 2.05. The third-order valence-electron chi connectivity index (χ3n) is 3.62. The molecule has 1 heterocycles. The van der Waals surface area contributed by atoms with Gasteiger partial charge in [-0.15, -0.1) is 0 Å². The van der Waals surface area contributed by atoms with Crippen LogP contribution in [0.5, 0.6) is 0 Å². The number of fused-ring (bicyclic) bond motifs is 1. The van der Waals surface area contributed by atoms with Crippen LogP contribution in [0.25, 0.3) is 0 Å². The first-order chi connectivity index (χ1) is 6.35. The summed E-state index contributed by atoms with van der Waals surface area (Å²) in [4.78, 5) is 0. The van der Waals surface area contributed by atoms with E-state index < -0.39 is 0 Å². The minimum Gasteiger partial charge on any atom is -0.384 e. The summed E-state index contributed by atoms with van der Waals surface area (Å²) >= 11 is 0. The van der Waals surface area contributed by atoms with Gasteiger partial charge in [0.25, 0.3) is 0 Å². The lowest BCUT2D eigenvalue weighted by molar-refractivity contribution is 0.105. The van der Waals surface area contributed by atoms with Crippen molar-refractivity contribution >= 4 is 0 Å². The lowest BCUT2D eigenvalue weighted by atomic mass is 9.79. The van der Waals surface area contributed by atoms with Gasteiger partial charge in [-0.25, -0.2) is 0 Å². The van der Waals surface area contributed by atoms with Gasteiger partial charge in [-0.05, 0) is 31.1 Å². The summed E-state index contributed by atoms with van der Waals surface area (Å²) in [6.07, 6.45) is 6.42. The van der Waals surface area contributed by atoms with Gasteiger partial charge in [0.15, 0.2) is 0 Å². The monoisotopic (exact) mass is 184 g/mol. The van der Waals surface area contributed by atoms with Crippen LogP contribution < -0.4 is 0 Å². The fraction of sp³-hybridized carbons (Fsp3) is 1.00. The second kappa shape index (κ2) is 3.97. The van der Waals surface area contributed by atoms with E-state index in [0.29, 0.717) is 12.2 Å². The molecular formula is C11H20O2. The van der Waals surface area contributed by atoms with Gasteiger partial charge in [0, 0.05) is 13.7 Å². The van der Waals surface area contributed by atoms with Gasteiger partial charge in [0.05, 0.1) is 12.2 Å². The molecule has 1 saturated carbocycles. The molecule has 0 aromatic heterocycles. The van der Waals surface area contributed by atoms with Gasteiger partial charge in [0.2, 0.25) is 0 Å². The molecule has 1 aliphatic carbocycles. The Labute approximate surface area is 80.6 Å². The van der Waals surface area contributed by atoms with E-state index in [4.69, 9.17) is 9.47 Å². The minimum atomic E-state index is 0.615. The first kappa shape index (κ1) is 9.47. The standard InChI is InChI=1S/C11H20O2/c1-3-8(7-12-2)9-4-5-10-11(6-9)13-10/h8-11H,3-7H2,1-2H3. The quantitative estimate of drug-likeness (QED) is 0.625. The van der Waals surface area contributed by atoms with Crippen molar-refractivity contribution < 1.29 is 9.47 Å². The van der Waals surface area contributed by atoms with Gasteiger partial charge < -0.3 is 9.47 Å². The molecule has 0 aromatic rings. The molecule has 1 saturated heterocycles. The van der Waals surface area contributed by atoms with Crippen molar-refractivity contribution in [3.8, 4) is 0 Å². The summed E-state index contributed by atoms with van der Waals surface area (Å²) < 4.78 is 10.8. The Hall–Kier alpha value is -0.0800. The van der Waals surface area contributed by atoms with E-state index in [9.17, 15) is 0 Å². The van der Waals surface area contributed by atoms with Crippen LogP contribution in [0.1, 0.15) is 32.6 Å². The topological polar surface area (TPSA) is 21.8 Å². The smallest absolute Gasteiger partial charge is 0.0844 e. The average molecular weight is 184 g/mol. The molecule has 2 rings (SSSR count). The molecule has 2 aliphatic rings. The Bertz CT molecular complexity index is 169. The van der Waals surface area contributed by atoms with E-state index in [2.05, 4.69) is 6.92 Å². The predicted octanol–water partition coefficient (Wildman–Crippen LogP) is 2.23. The zero-order chi connectivity index (χ0) is 9.26. The molecule has 76 valence electrons. The van der Waals surface area contributed by atoms with Crippen molar-refractivity contribution in [1.82, 2.24) is 0 Å². The first-order valence-electron chi connectivity index (χ1n) is 5.49. The molecule has 1 aliphatic heterocycles. The highest BCUT2D eigenvalue weighted by atomic mass is 16.6. The Morgan fingerprint density at radius 1 is 1.38 bits per heavy atom. The molecule has 0 aromatic carbocycles. The Morgan fingerprint density at radius 3 is 2.85 bits per heavy atom. The predicted molar refractivity (Wildman–Crippen MR) is 51.7 cm³/mol. The number of ether oxygens (including phenoxy) is 2. The van der Waals surface area contributed by atoms with Crippen molar-refractivity contribution in [2.24, 2.45) is 11.8 Å². The lowest BCUT2D eigenvalue weighted by Crippen LogP contribution is -2.24. The SMILES string of the molecule is CCC(COC)C1CCC2OC2C1. The summed E-state index contributed by atoms with van der Waals surface area (Å²) in [5.74, 6) is 1.61. The summed E-state index contributed by atoms with van der Waals surface area (Å²) in [5.41, 5.74) is 0. The summed E-state index contributed by atoms with van der Waals surface area (Å²) in [7, 11) is 1.81. The van der Waals surface area contributed by atoms with E-state index in [1.165, 1.54) is 25.7 Å². The van der Waals surface area contributed by atoms with Crippen LogP contribution >= 0.6 is 0 Å². The summed E-state index contributed by atoms with van der Waals surface area (Å²) in [6, 6.07) is 0. The average Bonchev–Trinajstić information content (AvgIpc) is 2.91. The molecule has 2 heteroatoms. The van der Waals surface area contributed by atoms with Crippen LogP contribution in [0.3, 0.4) is 0 Å². The Balaban J connectivity index is 1.82. The Morgan fingerprint density at radius 2 is 2.23 bits per heavy atom. The van der Waals surface area contributed by atoms with Crippen molar-refractivity contribution in [2.45, 2.75) is 44.8 Å². The van der Waals surface area contributed by atoms with Crippen LogP contribution in [-0.2, 0) is 9.47 Å². The molecule has 4 unspecified atom stereocenters. The summed E-state index contributed by atoms with van der Waals surface area (Å²) in [5, 5.41) is 0. The normalized spacial score (nSPS) is 39.7. The van der Waals surface area contributed by atoms with Gasteiger partial charge in [0.1, 0.15) is 0 Å². The van der Waals surface area contributed by atoms with Crippen molar-refractivity contribution in [2.75, 3.05) is 13.7 Å². The molecule has 13 heavy (non-hydrogen) atoms. The molecule has 2 nitrogen and oxygen atoms in total. The molecular weight excluding hydrogens is 164 g/mol. The fourth-order valence-corrected chi connectivity index (χ4v) is 2.66. The van der Waals surface area contributed by atoms with Gasteiger partial charge in [-0.3, -0.25) is 0 Å². The largest absolute Gasteiger partial charge is 0.384 e. The van der Waals surface area contributed by atoms with E-state index >= 15 is 0 Å². The fourth-order valence-electron chi connectivity index (χ4n) is 2.66. The van der Waals surface area contributed by atoms with Gasteiger partial charge in [-0.2, -0.15) is 0 Å². The van der Waals surface area contributed by atoms with Crippen LogP contribution in [-0.4, -0.2) is 25.9 Å². The van der Waals surface area contributed by atoms with Crippen LogP contribution in [0.2, 0.25) is 0 Å². The molecule has 0 bridgehead atoms.